The number of amides is 2. The fraction of sp³-hybridized carbons (Fsp3) is 0.250. The molecule has 2 heterocycles. The Morgan fingerprint density at radius 2 is 2.00 bits per heavy atom. The fourth-order valence-corrected chi connectivity index (χ4v) is 3.31. The number of rotatable bonds is 4. The third-order valence-electron chi connectivity index (χ3n) is 4.83. The summed E-state index contributed by atoms with van der Waals surface area (Å²) in [5.41, 5.74) is 2.85. The lowest BCUT2D eigenvalue weighted by Crippen LogP contribution is -2.28. The molecule has 1 atom stereocenters. The van der Waals surface area contributed by atoms with Gasteiger partial charge in [0, 0.05) is 24.0 Å². The van der Waals surface area contributed by atoms with E-state index in [9.17, 15) is 9.59 Å². The van der Waals surface area contributed by atoms with Crippen LogP contribution in [0.3, 0.4) is 0 Å². The molecular weight excluding hydrogens is 328 g/mol. The van der Waals surface area contributed by atoms with E-state index in [1.165, 1.54) is 5.56 Å². The number of carbonyl (C=O) groups is 2. The van der Waals surface area contributed by atoms with Gasteiger partial charge in [-0.1, -0.05) is 31.2 Å². The van der Waals surface area contributed by atoms with Gasteiger partial charge in [-0.2, -0.15) is 5.10 Å². The normalized spacial score (nSPS) is 17.0. The first-order valence-corrected chi connectivity index (χ1v) is 8.79. The average Bonchev–Trinajstić information content (AvgIpc) is 3.25. The van der Waals surface area contributed by atoms with Crippen LogP contribution in [0.4, 0.5) is 11.5 Å². The number of anilines is 2. The SMILES string of the molecule is CCc1ccc(NC(=O)[C@H]2CC(=O)N(c3n[nH]c4ccccc34)C2)cc1. The van der Waals surface area contributed by atoms with Crippen molar-refractivity contribution in [1.82, 2.24) is 10.2 Å². The number of fused-ring (bicyclic) bond motifs is 1. The number of benzene rings is 2. The Morgan fingerprint density at radius 1 is 1.23 bits per heavy atom. The van der Waals surface area contributed by atoms with Crippen molar-refractivity contribution in [2.24, 2.45) is 5.92 Å². The van der Waals surface area contributed by atoms with E-state index in [1.807, 2.05) is 48.5 Å². The molecule has 2 N–H and O–H groups in total. The molecule has 3 aromatic rings. The maximum atomic E-state index is 12.6. The number of nitrogens with zero attached hydrogens (tertiary/aromatic N) is 2. The molecule has 0 radical (unpaired) electrons. The number of hydrogen-bond acceptors (Lipinski definition) is 3. The monoisotopic (exact) mass is 348 g/mol. The second-order valence-corrected chi connectivity index (χ2v) is 6.54. The van der Waals surface area contributed by atoms with Crippen molar-refractivity contribution in [2.75, 3.05) is 16.8 Å². The van der Waals surface area contributed by atoms with E-state index in [1.54, 1.807) is 4.90 Å². The smallest absolute Gasteiger partial charge is 0.229 e. The van der Waals surface area contributed by atoms with Crippen LogP contribution in [0.15, 0.2) is 48.5 Å². The standard InChI is InChI=1S/C20H20N4O2/c1-2-13-7-9-15(10-8-13)21-20(26)14-11-18(25)24(12-14)19-16-5-3-4-6-17(16)22-23-19/h3-10,14H,2,11-12H2,1H3,(H,21,26)(H,22,23)/t14-/m0/s1. The second-order valence-electron chi connectivity index (χ2n) is 6.54. The highest BCUT2D eigenvalue weighted by Gasteiger charge is 2.36. The summed E-state index contributed by atoms with van der Waals surface area (Å²) in [7, 11) is 0. The van der Waals surface area contributed by atoms with Gasteiger partial charge in [-0.3, -0.25) is 19.6 Å². The number of aromatic amines is 1. The van der Waals surface area contributed by atoms with Crippen molar-refractivity contribution in [1.29, 1.82) is 0 Å². The quantitative estimate of drug-likeness (QED) is 0.760. The Balaban J connectivity index is 1.49. The van der Waals surface area contributed by atoms with Crippen LogP contribution in [-0.2, 0) is 16.0 Å². The average molecular weight is 348 g/mol. The number of para-hydroxylation sites is 1. The van der Waals surface area contributed by atoms with Crippen LogP contribution >= 0.6 is 0 Å². The molecule has 2 aromatic carbocycles. The van der Waals surface area contributed by atoms with Crippen LogP contribution in [0.2, 0.25) is 0 Å². The van der Waals surface area contributed by atoms with Gasteiger partial charge in [0.15, 0.2) is 5.82 Å². The van der Waals surface area contributed by atoms with Gasteiger partial charge in [-0.25, -0.2) is 0 Å². The van der Waals surface area contributed by atoms with Gasteiger partial charge in [-0.05, 0) is 36.2 Å². The van der Waals surface area contributed by atoms with Crippen LogP contribution in [0.5, 0.6) is 0 Å². The van der Waals surface area contributed by atoms with Crippen molar-refractivity contribution in [2.45, 2.75) is 19.8 Å². The number of H-pyrrole nitrogens is 1. The first kappa shape index (κ1) is 16.3. The van der Waals surface area contributed by atoms with E-state index < -0.39 is 0 Å². The van der Waals surface area contributed by atoms with E-state index in [2.05, 4.69) is 22.4 Å². The predicted octanol–water partition coefficient (Wildman–Crippen LogP) is 3.12. The summed E-state index contributed by atoms with van der Waals surface area (Å²) >= 11 is 0. The Kier molecular flexibility index (Phi) is 4.16. The van der Waals surface area contributed by atoms with Gasteiger partial charge < -0.3 is 5.32 Å². The minimum Gasteiger partial charge on any atom is -0.326 e. The Morgan fingerprint density at radius 3 is 2.77 bits per heavy atom. The lowest BCUT2D eigenvalue weighted by molar-refractivity contribution is -0.122. The summed E-state index contributed by atoms with van der Waals surface area (Å²) in [5, 5.41) is 11.0. The predicted molar refractivity (Wildman–Crippen MR) is 101 cm³/mol. The van der Waals surface area contributed by atoms with Gasteiger partial charge in [-0.15, -0.1) is 0 Å². The highest BCUT2D eigenvalue weighted by molar-refractivity contribution is 6.06. The first-order valence-electron chi connectivity index (χ1n) is 8.79. The van der Waals surface area contributed by atoms with Gasteiger partial charge in [0.1, 0.15) is 0 Å². The molecule has 1 saturated heterocycles. The van der Waals surface area contributed by atoms with Crippen molar-refractivity contribution in [3.63, 3.8) is 0 Å². The van der Waals surface area contributed by atoms with Crippen molar-refractivity contribution >= 4 is 34.2 Å². The third kappa shape index (κ3) is 2.94. The number of aromatic nitrogens is 2. The second kappa shape index (κ2) is 6.63. The highest BCUT2D eigenvalue weighted by atomic mass is 16.2. The lowest BCUT2D eigenvalue weighted by atomic mass is 10.1. The Labute approximate surface area is 151 Å². The number of nitrogens with one attached hydrogen (secondary N) is 2. The third-order valence-corrected chi connectivity index (χ3v) is 4.83. The molecule has 0 bridgehead atoms. The Bertz CT molecular complexity index is 961. The van der Waals surface area contributed by atoms with Crippen molar-refractivity contribution in [3.8, 4) is 0 Å². The van der Waals surface area contributed by atoms with Crippen LogP contribution in [-0.4, -0.2) is 28.6 Å². The molecule has 0 aliphatic carbocycles. The first-order chi connectivity index (χ1) is 12.7. The van der Waals surface area contributed by atoms with Gasteiger partial charge >= 0.3 is 0 Å². The topological polar surface area (TPSA) is 78.1 Å². The van der Waals surface area contributed by atoms with Crippen LogP contribution in [0, 0.1) is 5.92 Å². The zero-order chi connectivity index (χ0) is 18.1. The molecule has 1 aliphatic heterocycles. The molecule has 6 heteroatoms. The zero-order valence-electron chi connectivity index (χ0n) is 14.5. The molecule has 0 spiro atoms. The zero-order valence-corrected chi connectivity index (χ0v) is 14.5. The van der Waals surface area contributed by atoms with Crippen molar-refractivity contribution in [3.05, 3.63) is 54.1 Å². The molecular formula is C20H20N4O2. The van der Waals surface area contributed by atoms with Gasteiger partial charge in [0.2, 0.25) is 11.8 Å². The van der Waals surface area contributed by atoms with E-state index in [0.717, 1.165) is 23.0 Å². The molecule has 0 unspecified atom stereocenters. The van der Waals surface area contributed by atoms with E-state index >= 15 is 0 Å². The largest absolute Gasteiger partial charge is 0.326 e. The summed E-state index contributed by atoms with van der Waals surface area (Å²) in [6, 6.07) is 15.4. The summed E-state index contributed by atoms with van der Waals surface area (Å²) < 4.78 is 0. The van der Waals surface area contributed by atoms with Gasteiger partial charge in [0.25, 0.3) is 0 Å². The number of carbonyl (C=O) groups excluding carboxylic acids is 2. The molecule has 26 heavy (non-hydrogen) atoms. The van der Waals surface area contributed by atoms with Crippen LogP contribution < -0.4 is 10.2 Å². The van der Waals surface area contributed by atoms with E-state index in [0.29, 0.717) is 12.4 Å². The molecule has 1 fully saturated rings. The molecule has 1 aromatic heterocycles. The number of hydrogen-bond donors (Lipinski definition) is 2. The van der Waals surface area contributed by atoms with Gasteiger partial charge in [0.05, 0.1) is 11.4 Å². The summed E-state index contributed by atoms with van der Waals surface area (Å²) in [5.74, 6) is -0.00862. The summed E-state index contributed by atoms with van der Waals surface area (Å²) in [6.07, 6.45) is 1.15. The maximum absolute atomic E-state index is 12.6. The maximum Gasteiger partial charge on any atom is 0.229 e. The molecule has 0 saturated carbocycles. The number of aryl methyl sites for hydroxylation is 1. The molecule has 4 rings (SSSR count). The molecule has 2 amide bonds. The molecule has 1 aliphatic rings. The van der Waals surface area contributed by atoms with E-state index in [4.69, 9.17) is 0 Å². The van der Waals surface area contributed by atoms with Crippen LogP contribution in [0.1, 0.15) is 18.9 Å². The minimum absolute atomic E-state index is 0.0799. The summed E-state index contributed by atoms with van der Waals surface area (Å²) in [6.45, 7) is 2.43. The Hall–Kier alpha value is -3.15. The lowest BCUT2D eigenvalue weighted by Gasteiger charge is -2.14. The minimum atomic E-state index is -0.385. The highest BCUT2D eigenvalue weighted by Crippen LogP contribution is 2.30. The molecule has 6 nitrogen and oxygen atoms in total. The summed E-state index contributed by atoms with van der Waals surface area (Å²) in [4.78, 5) is 26.6. The van der Waals surface area contributed by atoms with Crippen LogP contribution in [0.25, 0.3) is 10.9 Å². The fourth-order valence-electron chi connectivity index (χ4n) is 3.31. The van der Waals surface area contributed by atoms with E-state index in [-0.39, 0.29) is 24.2 Å². The van der Waals surface area contributed by atoms with Crippen molar-refractivity contribution < 1.29 is 9.59 Å². The molecule has 132 valence electrons.